The summed E-state index contributed by atoms with van der Waals surface area (Å²) in [6.07, 6.45) is -3.57. The van der Waals surface area contributed by atoms with Gasteiger partial charge in [-0.25, -0.2) is 4.79 Å². The van der Waals surface area contributed by atoms with Crippen LogP contribution in [0.25, 0.3) is 0 Å². The van der Waals surface area contributed by atoms with Crippen LogP contribution < -0.4 is 5.32 Å². The molecular weight excluding hydrogens is 319 g/mol. The minimum Gasteiger partial charge on any atom is -0.326 e. The zero-order chi connectivity index (χ0) is 17.6. The highest BCUT2D eigenvalue weighted by Gasteiger charge is 2.40. The molecule has 1 heterocycles. The number of hydrogen-bond donors (Lipinski definition) is 1. The van der Waals surface area contributed by atoms with Crippen molar-refractivity contribution in [3.05, 3.63) is 35.9 Å². The third-order valence-electron chi connectivity index (χ3n) is 4.26. The molecule has 2 amide bonds. The van der Waals surface area contributed by atoms with Crippen molar-refractivity contribution < 1.29 is 18.0 Å². The fourth-order valence-corrected chi connectivity index (χ4v) is 2.76. The van der Waals surface area contributed by atoms with Gasteiger partial charge in [0.15, 0.2) is 0 Å². The summed E-state index contributed by atoms with van der Waals surface area (Å²) in [5.41, 5.74) is 0.831. The van der Waals surface area contributed by atoms with Crippen LogP contribution in [0.4, 0.5) is 18.0 Å². The van der Waals surface area contributed by atoms with E-state index in [4.69, 9.17) is 0 Å². The van der Waals surface area contributed by atoms with Gasteiger partial charge in [-0.05, 0) is 38.4 Å². The number of halogens is 3. The molecule has 0 aliphatic carbocycles. The van der Waals surface area contributed by atoms with E-state index in [0.29, 0.717) is 19.6 Å². The Balaban J connectivity index is 1.94. The van der Waals surface area contributed by atoms with E-state index in [9.17, 15) is 18.0 Å². The van der Waals surface area contributed by atoms with Gasteiger partial charge in [0.05, 0.1) is 0 Å². The second-order valence-corrected chi connectivity index (χ2v) is 6.21. The maximum Gasteiger partial charge on any atom is 0.408 e. The molecule has 1 aromatic carbocycles. The molecule has 0 spiro atoms. The fraction of sp³-hybridized carbons (Fsp3) is 0.588. The van der Waals surface area contributed by atoms with E-state index in [-0.39, 0.29) is 12.8 Å². The standard InChI is InChI=1S/C17H24F3N3O/c1-22-10-5-11-23(13-12-22)16(24)21-15(17(18,19)20)9-8-14-6-3-2-4-7-14/h2-4,6-7,15H,5,8-13H2,1H3,(H,21,24)/t15-/m0/s1. The van der Waals surface area contributed by atoms with Crippen LogP contribution in [0.2, 0.25) is 0 Å². The molecule has 1 atom stereocenters. The van der Waals surface area contributed by atoms with Gasteiger partial charge in [0.2, 0.25) is 0 Å². The molecule has 1 fully saturated rings. The summed E-state index contributed by atoms with van der Waals surface area (Å²) < 4.78 is 39.8. The van der Waals surface area contributed by atoms with Crippen molar-refractivity contribution in [3.63, 3.8) is 0 Å². The lowest BCUT2D eigenvalue weighted by atomic mass is 10.1. The molecule has 0 bridgehead atoms. The van der Waals surface area contributed by atoms with E-state index in [1.54, 1.807) is 24.3 Å². The normalized spacial score (nSPS) is 18.1. The van der Waals surface area contributed by atoms with Crippen LogP contribution in [0.1, 0.15) is 18.4 Å². The van der Waals surface area contributed by atoms with E-state index in [0.717, 1.165) is 18.5 Å². The number of carbonyl (C=O) groups is 1. The Hall–Kier alpha value is -1.76. The molecule has 1 saturated heterocycles. The van der Waals surface area contributed by atoms with Gasteiger partial charge >= 0.3 is 12.2 Å². The summed E-state index contributed by atoms with van der Waals surface area (Å²) in [4.78, 5) is 15.8. The zero-order valence-corrected chi connectivity index (χ0v) is 13.9. The Bertz CT molecular complexity index is 522. The number of alkyl halides is 3. The van der Waals surface area contributed by atoms with Gasteiger partial charge in [0.25, 0.3) is 0 Å². The van der Waals surface area contributed by atoms with Gasteiger partial charge in [-0.15, -0.1) is 0 Å². The highest BCUT2D eigenvalue weighted by atomic mass is 19.4. The van der Waals surface area contributed by atoms with Crippen molar-refractivity contribution in [2.75, 3.05) is 33.2 Å². The number of carbonyl (C=O) groups excluding carboxylic acids is 1. The summed E-state index contributed by atoms with van der Waals surface area (Å²) in [5.74, 6) is 0. The highest BCUT2D eigenvalue weighted by molar-refractivity contribution is 5.74. The van der Waals surface area contributed by atoms with E-state index in [1.165, 1.54) is 4.90 Å². The number of likely N-dealkylation sites (N-methyl/N-ethyl adjacent to an activating group) is 1. The molecule has 24 heavy (non-hydrogen) atoms. The number of nitrogens with zero attached hydrogens (tertiary/aromatic N) is 2. The van der Waals surface area contributed by atoms with Crippen LogP contribution in [-0.4, -0.2) is 61.3 Å². The number of benzene rings is 1. The average molecular weight is 343 g/mol. The van der Waals surface area contributed by atoms with Gasteiger partial charge in [0.1, 0.15) is 6.04 Å². The van der Waals surface area contributed by atoms with E-state index in [1.807, 2.05) is 13.1 Å². The van der Waals surface area contributed by atoms with Gasteiger partial charge < -0.3 is 15.1 Å². The molecule has 0 aromatic heterocycles. The lowest BCUT2D eigenvalue weighted by Gasteiger charge is -2.27. The number of rotatable bonds is 4. The number of amides is 2. The molecule has 0 unspecified atom stereocenters. The predicted octanol–water partition coefficient (Wildman–Crippen LogP) is 2.90. The molecule has 0 saturated carbocycles. The molecule has 1 aliphatic rings. The van der Waals surface area contributed by atoms with Gasteiger partial charge in [0, 0.05) is 19.6 Å². The number of nitrogens with one attached hydrogen (secondary N) is 1. The maximum atomic E-state index is 13.3. The minimum atomic E-state index is -4.45. The third-order valence-corrected chi connectivity index (χ3v) is 4.26. The van der Waals surface area contributed by atoms with Gasteiger partial charge in [-0.2, -0.15) is 13.2 Å². The van der Waals surface area contributed by atoms with Crippen molar-refractivity contribution in [3.8, 4) is 0 Å². The number of aryl methyl sites for hydroxylation is 1. The Morgan fingerprint density at radius 1 is 1.17 bits per heavy atom. The minimum absolute atomic E-state index is 0.160. The van der Waals surface area contributed by atoms with Crippen LogP contribution in [0.3, 0.4) is 0 Å². The first-order valence-electron chi connectivity index (χ1n) is 8.21. The molecule has 134 valence electrons. The zero-order valence-electron chi connectivity index (χ0n) is 13.9. The number of hydrogen-bond acceptors (Lipinski definition) is 2. The van der Waals surface area contributed by atoms with Gasteiger partial charge in [-0.3, -0.25) is 0 Å². The van der Waals surface area contributed by atoms with Crippen molar-refractivity contribution in [2.45, 2.75) is 31.5 Å². The van der Waals surface area contributed by atoms with E-state index < -0.39 is 18.2 Å². The maximum absolute atomic E-state index is 13.3. The topological polar surface area (TPSA) is 35.6 Å². The highest BCUT2D eigenvalue weighted by Crippen LogP contribution is 2.24. The molecule has 2 rings (SSSR count). The van der Waals surface area contributed by atoms with Crippen LogP contribution in [0, 0.1) is 0 Å². The van der Waals surface area contributed by atoms with Crippen molar-refractivity contribution >= 4 is 6.03 Å². The van der Waals surface area contributed by atoms with E-state index >= 15 is 0 Å². The molecule has 7 heteroatoms. The summed E-state index contributed by atoms with van der Waals surface area (Å²) in [6.45, 7) is 2.46. The second-order valence-electron chi connectivity index (χ2n) is 6.21. The Morgan fingerprint density at radius 3 is 2.54 bits per heavy atom. The SMILES string of the molecule is CN1CCCN(C(=O)N[C@@H](CCc2ccccc2)C(F)(F)F)CC1. The summed E-state index contributed by atoms with van der Waals surface area (Å²) in [6, 6.07) is 6.55. The summed E-state index contributed by atoms with van der Waals surface area (Å²) >= 11 is 0. The first-order valence-corrected chi connectivity index (χ1v) is 8.21. The monoisotopic (exact) mass is 343 g/mol. The van der Waals surface area contributed by atoms with Crippen LogP contribution in [0.15, 0.2) is 30.3 Å². The van der Waals surface area contributed by atoms with Crippen LogP contribution in [-0.2, 0) is 6.42 Å². The van der Waals surface area contributed by atoms with Crippen molar-refractivity contribution in [1.82, 2.24) is 15.1 Å². The van der Waals surface area contributed by atoms with Crippen LogP contribution in [0.5, 0.6) is 0 Å². The fourth-order valence-electron chi connectivity index (χ4n) is 2.76. The summed E-state index contributed by atoms with van der Waals surface area (Å²) in [7, 11) is 1.94. The molecular formula is C17H24F3N3O. The Labute approximate surface area is 140 Å². The molecule has 0 radical (unpaired) electrons. The Morgan fingerprint density at radius 2 is 1.88 bits per heavy atom. The quantitative estimate of drug-likeness (QED) is 0.912. The summed E-state index contributed by atoms with van der Waals surface area (Å²) in [5, 5.41) is 2.18. The predicted molar refractivity (Wildman–Crippen MR) is 86.8 cm³/mol. The smallest absolute Gasteiger partial charge is 0.326 e. The van der Waals surface area contributed by atoms with E-state index in [2.05, 4.69) is 10.2 Å². The molecule has 1 N–H and O–H groups in total. The molecule has 1 aliphatic heterocycles. The first-order chi connectivity index (χ1) is 11.4. The third kappa shape index (κ3) is 5.70. The second kappa shape index (κ2) is 8.37. The average Bonchev–Trinajstić information content (AvgIpc) is 2.76. The van der Waals surface area contributed by atoms with Crippen molar-refractivity contribution in [2.24, 2.45) is 0 Å². The van der Waals surface area contributed by atoms with Crippen molar-refractivity contribution in [1.29, 1.82) is 0 Å². The molecule has 1 aromatic rings. The van der Waals surface area contributed by atoms with Gasteiger partial charge in [-0.1, -0.05) is 30.3 Å². The molecule has 4 nitrogen and oxygen atoms in total. The lowest BCUT2D eigenvalue weighted by molar-refractivity contribution is -0.154. The largest absolute Gasteiger partial charge is 0.408 e. The van der Waals surface area contributed by atoms with Crippen LogP contribution >= 0.6 is 0 Å². The Kier molecular flexibility index (Phi) is 6.48. The first kappa shape index (κ1) is 18.6. The lowest BCUT2D eigenvalue weighted by Crippen LogP contribution is -2.51. The number of urea groups is 1.